The van der Waals surface area contributed by atoms with Gasteiger partial charge in [0.25, 0.3) is 0 Å². The lowest BCUT2D eigenvalue weighted by atomic mass is 10.2. The molecule has 0 heterocycles. The second kappa shape index (κ2) is 9.64. The van der Waals surface area contributed by atoms with E-state index in [9.17, 15) is 5.11 Å². The van der Waals surface area contributed by atoms with Crippen LogP contribution in [0.2, 0.25) is 10.0 Å². The van der Waals surface area contributed by atoms with Gasteiger partial charge in [-0.25, -0.2) is 0 Å². The van der Waals surface area contributed by atoms with Crippen molar-refractivity contribution in [3.63, 3.8) is 0 Å². The Kier molecular flexibility index (Phi) is 7.84. The molecule has 0 amide bonds. The molecule has 0 aliphatic carbocycles. The molecular weight excluding hydrogens is 429 g/mol. The van der Waals surface area contributed by atoms with Gasteiger partial charge in [0.15, 0.2) is 11.5 Å². The highest BCUT2D eigenvalue weighted by Crippen LogP contribution is 2.38. The number of rotatable bonds is 8. The van der Waals surface area contributed by atoms with E-state index in [-0.39, 0.29) is 6.61 Å². The minimum atomic E-state index is -0.395. The summed E-state index contributed by atoms with van der Waals surface area (Å²) in [6.45, 7) is 3.09. The minimum Gasteiger partial charge on any atom is -0.493 e. The van der Waals surface area contributed by atoms with Gasteiger partial charge in [-0.05, 0) is 52.7 Å². The highest BCUT2D eigenvalue weighted by molar-refractivity contribution is 9.10. The van der Waals surface area contributed by atoms with Gasteiger partial charge in [-0.1, -0.05) is 29.3 Å². The number of hydrogen-bond acceptors (Lipinski definition) is 4. The Labute approximate surface area is 166 Å². The average molecular weight is 449 g/mol. The minimum absolute atomic E-state index is 0.229. The summed E-state index contributed by atoms with van der Waals surface area (Å²) in [7, 11) is 1.59. The van der Waals surface area contributed by atoms with Crippen LogP contribution in [0.3, 0.4) is 0 Å². The molecule has 0 bridgehead atoms. The Morgan fingerprint density at radius 1 is 1.24 bits per heavy atom. The third kappa shape index (κ3) is 5.76. The first-order valence-electron chi connectivity index (χ1n) is 7.73. The van der Waals surface area contributed by atoms with E-state index in [1.165, 1.54) is 0 Å². The van der Waals surface area contributed by atoms with E-state index in [4.69, 9.17) is 32.7 Å². The summed E-state index contributed by atoms with van der Waals surface area (Å²) < 4.78 is 12.1. The Hall–Kier alpha value is -0.980. The Bertz CT molecular complexity index is 705. The predicted molar refractivity (Wildman–Crippen MR) is 105 cm³/mol. The van der Waals surface area contributed by atoms with Gasteiger partial charge in [-0.15, -0.1) is 0 Å². The van der Waals surface area contributed by atoms with Crippen molar-refractivity contribution in [2.45, 2.75) is 26.2 Å². The van der Waals surface area contributed by atoms with E-state index in [0.717, 1.165) is 15.6 Å². The molecule has 0 unspecified atom stereocenters. The molecule has 2 aromatic carbocycles. The van der Waals surface area contributed by atoms with Crippen molar-refractivity contribution in [3.05, 3.63) is 56.0 Å². The summed E-state index contributed by atoms with van der Waals surface area (Å²) in [6.07, 6.45) is -0.395. The third-order valence-electron chi connectivity index (χ3n) is 3.48. The zero-order valence-corrected chi connectivity index (χ0v) is 17.1. The van der Waals surface area contributed by atoms with Gasteiger partial charge in [-0.2, -0.15) is 0 Å². The quantitative estimate of drug-likeness (QED) is 0.608. The predicted octanol–water partition coefficient (Wildman–Crippen LogP) is 4.81. The molecule has 0 saturated heterocycles. The van der Waals surface area contributed by atoms with Crippen LogP contribution in [0, 0.1) is 0 Å². The molecule has 0 spiro atoms. The van der Waals surface area contributed by atoms with Gasteiger partial charge < -0.3 is 19.9 Å². The lowest BCUT2D eigenvalue weighted by Crippen LogP contribution is -2.23. The lowest BCUT2D eigenvalue weighted by molar-refractivity contribution is 0.191. The van der Waals surface area contributed by atoms with Crippen LogP contribution in [0.5, 0.6) is 11.5 Å². The van der Waals surface area contributed by atoms with Crippen LogP contribution < -0.4 is 14.8 Å². The van der Waals surface area contributed by atoms with Crippen molar-refractivity contribution >= 4 is 39.1 Å². The zero-order valence-electron chi connectivity index (χ0n) is 14.0. The van der Waals surface area contributed by atoms with Crippen LogP contribution in [0.4, 0.5) is 0 Å². The standard InChI is InChI=1S/C18H20BrCl2NO3/c1-11(23)8-22-9-12-6-14(19)18(17(7-12)24-2)25-10-13-15(20)4-3-5-16(13)21/h3-7,11,22-23H,8-10H2,1-2H3/t11-/m0/s1. The molecule has 0 fully saturated rings. The molecule has 0 saturated carbocycles. The summed E-state index contributed by atoms with van der Waals surface area (Å²) in [5.41, 5.74) is 1.73. The fraction of sp³-hybridized carbons (Fsp3) is 0.333. The fourth-order valence-corrected chi connectivity index (χ4v) is 3.37. The third-order valence-corrected chi connectivity index (χ3v) is 4.78. The number of aliphatic hydroxyl groups is 1. The summed E-state index contributed by atoms with van der Waals surface area (Å²) >= 11 is 15.9. The van der Waals surface area contributed by atoms with Crippen LogP contribution in [0.25, 0.3) is 0 Å². The second-order valence-electron chi connectivity index (χ2n) is 5.58. The molecule has 0 radical (unpaired) electrons. The van der Waals surface area contributed by atoms with E-state index in [1.54, 1.807) is 32.2 Å². The topological polar surface area (TPSA) is 50.7 Å². The van der Waals surface area contributed by atoms with E-state index >= 15 is 0 Å². The van der Waals surface area contributed by atoms with Crippen LogP contribution in [0.15, 0.2) is 34.8 Å². The molecule has 2 N–H and O–H groups in total. The van der Waals surface area contributed by atoms with E-state index in [0.29, 0.717) is 34.6 Å². The molecule has 2 rings (SSSR count). The summed E-state index contributed by atoms with van der Waals surface area (Å²) in [4.78, 5) is 0. The smallest absolute Gasteiger partial charge is 0.175 e. The van der Waals surface area contributed by atoms with E-state index in [1.807, 2.05) is 12.1 Å². The average Bonchev–Trinajstić information content (AvgIpc) is 2.55. The maximum atomic E-state index is 9.31. The number of benzene rings is 2. The summed E-state index contributed by atoms with van der Waals surface area (Å²) in [5.74, 6) is 1.18. The largest absolute Gasteiger partial charge is 0.493 e. The molecule has 7 heteroatoms. The maximum absolute atomic E-state index is 9.31. The van der Waals surface area contributed by atoms with Crippen molar-refractivity contribution in [1.82, 2.24) is 5.32 Å². The van der Waals surface area contributed by atoms with Crippen LogP contribution in [-0.4, -0.2) is 24.9 Å². The summed E-state index contributed by atoms with van der Waals surface area (Å²) in [6, 6.07) is 9.18. The lowest BCUT2D eigenvalue weighted by Gasteiger charge is -2.16. The molecule has 0 aliphatic heterocycles. The number of nitrogens with one attached hydrogen (secondary N) is 1. The fourth-order valence-electron chi connectivity index (χ4n) is 2.26. The van der Waals surface area contributed by atoms with Crippen molar-refractivity contribution in [3.8, 4) is 11.5 Å². The highest BCUT2D eigenvalue weighted by Gasteiger charge is 2.14. The molecule has 2 aromatic rings. The molecule has 25 heavy (non-hydrogen) atoms. The van der Waals surface area contributed by atoms with E-state index in [2.05, 4.69) is 21.2 Å². The second-order valence-corrected chi connectivity index (χ2v) is 7.25. The number of ether oxygens (including phenoxy) is 2. The molecule has 0 aromatic heterocycles. The number of aliphatic hydroxyl groups excluding tert-OH is 1. The molecular formula is C18H20BrCl2NO3. The molecule has 4 nitrogen and oxygen atoms in total. The van der Waals surface area contributed by atoms with Crippen molar-refractivity contribution in [2.75, 3.05) is 13.7 Å². The Morgan fingerprint density at radius 3 is 2.52 bits per heavy atom. The van der Waals surface area contributed by atoms with Crippen LogP contribution >= 0.6 is 39.1 Å². The van der Waals surface area contributed by atoms with Gasteiger partial charge in [0, 0.05) is 28.7 Å². The van der Waals surface area contributed by atoms with Crippen molar-refractivity contribution in [1.29, 1.82) is 0 Å². The van der Waals surface area contributed by atoms with Gasteiger partial charge >= 0.3 is 0 Å². The summed E-state index contributed by atoms with van der Waals surface area (Å²) in [5, 5.41) is 13.6. The first-order valence-corrected chi connectivity index (χ1v) is 9.28. The van der Waals surface area contributed by atoms with Crippen molar-refractivity contribution < 1.29 is 14.6 Å². The number of halogens is 3. The zero-order chi connectivity index (χ0) is 18.4. The van der Waals surface area contributed by atoms with Crippen molar-refractivity contribution in [2.24, 2.45) is 0 Å². The first-order chi connectivity index (χ1) is 11.9. The van der Waals surface area contributed by atoms with Gasteiger partial charge in [0.05, 0.1) is 17.7 Å². The molecule has 1 atom stereocenters. The van der Waals surface area contributed by atoms with Gasteiger partial charge in [-0.3, -0.25) is 0 Å². The van der Waals surface area contributed by atoms with E-state index < -0.39 is 6.10 Å². The van der Waals surface area contributed by atoms with Gasteiger partial charge in [0.2, 0.25) is 0 Å². The van der Waals surface area contributed by atoms with Crippen LogP contribution in [0.1, 0.15) is 18.1 Å². The Morgan fingerprint density at radius 2 is 1.92 bits per heavy atom. The Balaban J connectivity index is 2.15. The van der Waals surface area contributed by atoms with Crippen LogP contribution in [-0.2, 0) is 13.2 Å². The maximum Gasteiger partial charge on any atom is 0.175 e. The van der Waals surface area contributed by atoms with Gasteiger partial charge in [0.1, 0.15) is 6.61 Å². The first kappa shape index (κ1) is 20.3. The SMILES string of the molecule is COc1cc(CNC[C@H](C)O)cc(Br)c1OCc1c(Cl)cccc1Cl. The molecule has 0 aliphatic rings. The number of methoxy groups -OCH3 is 1. The molecule has 136 valence electrons. The highest BCUT2D eigenvalue weighted by atomic mass is 79.9. The normalized spacial score (nSPS) is 12.1. The number of hydrogen-bond donors (Lipinski definition) is 2. The monoisotopic (exact) mass is 447 g/mol.